The van der Waals surface area contributed by atoms with Crippen LogP contribution in [-0.2, 0) is 10.0 Å². The molecule has 1 atom stereocenters. The summed E-state index contributed by atoms with van der Waals surface area (Å²) in [6.07, 6.45) is 0. The monoisotopic (exact) mass is 372 g/mol. The molecule has 2 aromatic rings. The second-order valence-corrected chi connectivity index (χ2v) is 7.21. The van der Waals surface area contributed by atoms with Crippen LogP contribution in [0.5, 0.6) is 0 Å². The Bertz CT molecular complexity index is 748. The predicted molar refractivity (Wildman–Crippen MR) is 83.7 cm³/mol. The van der Waals surface area contributed by atoms with E-state index in [1.54, 1.807) is 19.1 Å². The Kier molecular flexibility index (Phi) is 4.65. The van der Waals surface area contributed by atoms with Gasteiger partial charge in [-0.1, -0.05) is 28.1 Å². The van der Waals surface area contributed by atoms with Crippen molar-refractivity contribution < 1.29 is 12.8 Å². The van der Waals surface area contributed by atoms with Gasteiger partial charge in [0.2, 0.25) is 10.0 Å². The lowest BCUT2D eigenvalue weighted by molar-refractivity contribution is 0.564. The van der Waals surface area contributed by atoms with Crippen molar-refractivity contribution in [3.05, 3.63) is 58.3 Å². The quantitative estimate of drug-likeness (QED) is 0.809. The molecular weight excluding hydrogens is 359 g/mol. The third-order valence-corrected chi connectivity index (χ3v) is 5.05. The van der Waals surface area contributed by atoms with Crippen molar-refractivity contribution in [3.63, 3.8) is 0 Å². The molecule has 0 bridgehead atoms. The third kappa shape index (κ3) is 3.81. The molecule has 4 nitrogen and oxygen atoms in total. The Hall–Kier alpha value is -1.44. The van der Waals surface area contributed by atoms with Crippen LogP contribution in [0.3, 0.4) is 0 Å². The van der Waals surface area contributed by atoms with Crippen LogP contribution < -0.4 is 10.5 Å². The SMILES string of the molecule is CC(NS(=O)(=O)c1ccc(N)c(F)c1)c1ccc(Br)cc1. The summed E-state index contributed by atoms with van der Waals surface area (Å²) >= 11 is 3.32. The zero-order valence-electron chi connectivity index (χ0n) is 11.2. The first-order valence-corrected chi connectivity index (χ1v) is 8.40. The van der Waals surface area contributed by atoms with Gasteiger partial charge in [-0.25, -0.2) is 17.5 Å². The van der Waals surface area contributed by atoms with E-state index >= 15 is 0 Å². The van der Waals surface area contributed by atoms with Gasteiger partial charge in [-0.15, -0.1) is 0 Å². The smallest absolute Gasteiger partial charge is 0.241 e. The highest BCUT2D eigenvalue weighted by atomic mass is 79.9. The molecule has 0 radical (unpaired) electrons. The summed E-state index contributed by atoms with van der Waals surface area (Å²) in [5.74, 6) is -0.755. The van der Waals surface area contributed by atoms with Crippen LogP contribution in [0.25, 0.3) is 0 Å². The topological polar surface area (TPSA) is 72.2 Å². The van der Waals surface area contributed by atoms with E-state index in [1.807, 2.05) is 12.1 Å². The Balaban J connectivity index is 2.24. The minimum Gasteiger partial charge on any atom is -0.396 e. The molecule has 0 fully saturated rings. The summed E-state index contributed by atoms with van der Waals surface area (Å²) < 4.78 is 41.2. The number of hydrogen-bond donors (Lipinski definition) is 2. The summed E-state index contributed by atoms with van der Waals surface area (Å²) in [6, 6.07) is 10.2. The van der Waals surface area contributed by atoms with Crippen LogP contribution in [-0.4, -0.2) is 8.42 Å². The van der Waals surface area contributed by atoms with E-state index in [0.29, 0.717) is 0 Å². The Labute approximate surface area is 131 Å². The first-order valence-electron chi connectivity index (χ1n) is 6.12. The number of nitrogens with two attached hydrogens (primary N) is 1. The fourth-order valence-corrected chi connectivity index (χ4v) is 3.30. The average Bonchev–Trinajstić information content (AvgIpc) is 2.42. The lowest BCUT2D eigenvalue weighted by Crippen LogP contribution is -2.27. The van der Waals surface area contributed by atoms with Crippen molar-refractivity contribution in [1.29, 1.82) is 0 Å². The number of benzene rings is 2. The van der Waals surface area contributed by atoms with Crippen molar-refractivity contribution >= 4 is 31.6 Å². The second-order valence-electron chi connectivity index (χ2n) is 4.58. The second kappa shape index (κ2) is 6.13. The van der Waals surface area contributed by atoms with Crippen molar-refractivity contribution in [3.8, 4) is 0 Å². The number of hydrogen-bond acceptors (Lipinski definition) is 3. The molecule has 0 aliphatic heterocycles. The van der Waals surface area contributed by atoms with Gasteiger partial charge in [0.1, 0.15) is 5.82 Å². The van der Waals surface area contributed by atoms with Gasteiger partial charge < -0.3 is 5.73 Å². The molecule has 0 saturated carbocycles. The lowest BCUT2D eigenvalue weighted by atomic mass is 10.1. The van der Waals surface area contributed by atoms with Crippen LogP contribution in [0.2, 0.25) is 0 Å². The van der Waals surface area contributed by atoms with Gasteiger partial charge in [-0.2, -0.15) is 0 Å². The molecule has 0 amide bonds. The highest BCUT2D eigenvalue weighted by Crippen LogP contribution is 2.21. The molecule has 3 N–H and O–H groups in total. The minimum atomic E-state index is -3.81. The van der Waals surface area contributed by atoms with E-state index in [1.165, 1.54) is 12.1 Å². The van der Waals surface area contributed by atoms with Crippen molar-refractivity contribution in [2.45, 2.75) is 17.9 Å². The minimum absolute atomic E-state index is 0.0880. The van der Waals surface area contributed by atoms with E-state index in [2.05, 4.69) is 20.7 Å². The molecule has 112 valence electrons. The summed E-state index contributed by atoms with van der Waals surface area (Å²) in [4.78, 5) is -0.154. The molecule has 2 aromatic carbocycles. The van der Waals surface area contributed by atoms with Crippen LogP contribution in [0, 0.1) is 5.82 Å². The van der Waals surface area contributed by atoms with Gasteiger partial charge in [0.05, 0.1) is 10.6 Å². The van der Waals surface area contributed by atoms with Crippen molar-refractivity contribution in [2.24, 2.45) is 0 Å². The average molecular weight is 373 g/mol. The lowest BCUT2D eigenvalue weighted by Gasteiger charge is -2.15. The third-order valence-electron chi connectivity index (χ3n) is 2.98. The summed E-state index contributed by atoms with van der Waals surface area (Å²) in [7, 11) is -3.81. The zero-order valence-corrected chi connectivity index (χ0v) is 13.6. The maximum absolute atomic E-state index is 13.4. The summed E-state index contributed by atoms with van der Waals surface area (Å²) in [5.41, 5.74) is 6.06. The molecule has 0 saturated heterocycles. The number of anilines is 1. The van der Waals surface area contributed by atoms with Gasteiger partial charge in [0.25, 0.3) is 0 Å². The predicted octanol–water partition coefficient (Wildman–Crippen LogP) is 3.21. The number of nitrogen functional groups attached to an aromatic ring is 1. The molecule has 0 aliphatic rings. The first-order chi connectivity index (χ1) is 9.79. The van der Waals surface area contributed by atoms with Gasteiger partial charge >= 0.3 is 0 Å². The van der Waals surface area contributed by atoms with Gasteiger partial charge in [-0.05, 0) is 42.8 Å². The van der Waals surface area contributed by atoms with E-state index in [4.69, 9.17) is 5.73 Å². The van der Waals surface area contributed by atoms with Crippen molar-refractivity contribution in [2.75, 3.05) is 5.73 Å². The Morgan fingerprint density at radius 1 is 1.19 bits per heavy atom. The Morgan fingerprint density at radius 3 is 2.38 bits per heavy atom. The first kappa shape index (κ1) is 15.9. The van der Waals surface area contributed by atoms with Gasteiger partial charge in [0, 0.05) is 10.5 Å². The van der Waals surface area contributed by atoms with E-state index in [9.17, 15) is 12.8 Å². The van der Waals surface area contributed by atoms with E-state index < -0.39 is 21.9 Å². The van der Waals surface area contributed by atoms with Gasteiger partial charge in [0.15, 0.2) is 0 Å². The number of rotatable bonds is 4. The molecule has 0 heterocycles. The molecule has 2 rings (SSSR count). The molecular formula is C14H14BrFN2O2S. The zero-order chi connectivity index (χ0) is 15.6. The highest BCUT2D eigenvalue weighted by Gasteiger charge is 2.19. The van der Waals surface area contributed by atoms with Crippen LogP contribution in [0.1, 0.15) is 18.5 Å². The molecule has 7 heteroatoms. The van der Waals surface area contributed by atoms with E-state index in [-0.39, 0.29) is 10.6 Å². The van der Waals surface area contributed by atoms with Crippen LogP contribution in [0.15, 0.2) is 51.8 Å². The largest absolute Gasteiger partial charge is 0.396 e. The van der Waals surface area contributed by atoms with E-state index in [0.717, 1.165) is 16.1 Å². The molecule has 0 aromatic heterocycles. The number of halogens is 2. The van der Waals surface area contributed by atoms with Gasteiger partial charge in [-0.3, -0.25) is 0 Å². The number of nitrogens with one attached hydrogen (secondary N) is 1. The fourth-order valence-electron chi connectivity index (χ4n) is 1.80. The summed E-state index contributed by atoms with van der Waals surface area (Å²) in [5, 5.41) is 0. The molecule has 21 heavy (non-hydrogen) atoms. The summed E-state index contributed by atoms with van der Waals surface area (Å²) in [6.45, 7) is 1.72. The maximum atomic E-state index is 13.4. The standard InChI is InChI=1S/C14H14BrFN2O2S/c1-9(10-2-4-11(15)5-3-10)18-21(19,20)12-6-7-14(17)13(16)8-12/h2-9,18H,17H2,1H3. The normalized spacial score (nSPS) is 13.1. The fraction of sp³-hybridized carbons (Fsp3) is 0.143. The molecule has 0 spiro atoms. The van der Waals surface area contributed by atoms with Crippen molar-refractivity contribution in [1.82, 2.24) is 4.72 Å². The maximum Gasteiger partial charge on any atom is 0.241 e. The van der Waals surface area contributed by atoms with Crippen LogP contribution in [0.4, 0.5) is 10.1 Å². The molecule has 0 aliphatic carbocycles. The molecule has 1 unspecified atom stereocenters. The highest BCUT2D eigenvalue weighted by molar-refractivity contribution is 9.10. The van der Waals surface area contributed by atoms with Crippen LogP contribution >= 0.6 is 15.9 Å². The Morgan fingerprint density at radius 2 is 1.81 bits per heavy atom. The number of sulfonamides is 1.